The summed E-state index contributed by atoms with van der Waals surface area (Å²) in [5.41, 5.74) is 3.21. The molecule has 0 fully saturated rings. The lowest BCUT2D eigenvalue weighted by atomic mass is 10.2. The van der Waals surface area contributed by atoms with E-state index < -0.39 is 10.0 Å². The molecule has 23 heavy (non-hydrogen) atoms. The van der Waals surface area contributed by atoms with Crippen molar-refractivity contribution in [1.82, 2.24) is 4.98 Å². The van der Waals surface area contributed by atoms with E-state index in [1.165, 1.54) is 5.56 Å². The number of nitrogens with one attached hydrogen (secondary N) is 1. The van der Waals surface area contributed by atoms with Crippen LogP contribution in [-0.4, -0.2) is 25.7 Å². The van der Waals surface area contributed by atoms with Crippen molar-refractivity contribution >= 4 is 27.2 Å². The summed E-state index contributed by atoms with van der Waals surface area (Å²) in [5, 5.41) is 0. The summed E-state index contributed by atoms with van der Waals surface area (Å²) in [5.74, 6) is 0.448. The largest absolute Gasteiger partial charge is 0.341 e. The van der Waals surface area contributed by atoms with Crippen molar-refractivity contribution in [2.45, 2.75) is 27.2 Å². The Morgan fingerprint density at radius 1 is 1.13 bits per heavy atom. The number of aromatic nitrogens is 1. The fourth-order valence-corrected chi connectivity index (χ4v) is 3.47. The highest BCUT2D eigenvalue weighted by Crippen LogP contribution is 2.26. The molecule has 0 aliphatic rings. The van der Waals surface area contributed by atoms with E-state index in [2.05, 4.69) is 40.6 Å². The molecule has 0 saturated carbocycles. The molecule has 1 N–H and O–H groups in total. The third-order valence-corrected chi connectivity index (χ3v) is 4.89. The van der Waals surface area contributed by atoms with Crippen molar-refractivity contribution in [2.24, 2.45) is 0 Å². The average molecular weight is 333 g/mol. The molecule has 0 spiro atoms. The minimum Gasteiger partial charge on any atom is -0.341 e. The lowest BCUT2D eigenvalue weighted by Crippen LogP contribution is -2.18. The Kier molecular flexibility index (Phi) is 5.60. The van der Waals surface area contributed by atoms with Crippen LogP contribution < -0.4 is 9.62 Å². The van der Waals surface area contributed by atoms with E-state index in [0.29, 0.717) is 12.2 Å². The molecule has 0 bridgehead atoms. The zero-order valence-electron chi connectivity index (χ0n) is 13.8. The van der Waals surface area contributed by atoms with E-state index in [-0.39, 0.29) is 5.75 Å². The zero-order valence-corrected chi connectivity index (χ0v) is 14.6. The molecule has 2 aromatic rings. The predicted molar refractivity (Wildman–Crippen MR) is 95.8 cm³/mol. The van der Waals surface area contributed by atoms with Crippen LogP contribution in [0.2, 0.25) is 0 Å². The van der Waals surface area contributed by atoms with Crippen LogP contribution in [-0.2, 0) is 10.0 Å². The van der Waals surface area contributed by atoms with Gasteiger partial charge in [-0.3, -0.25) is 4.72 Å². The highest BCUT2D eigenvalue weighted by Gasteiger charge is 2.11. The first-order valence-electron chi connectivity index (χ1n) is 7.76. The van der Waals surface area contributed by atoms with E-state index in [1.54, 1.807) is 12.3 Å². The number of pyridine rings is 1. The van der Waals surface area contributed by atoms with Crippen molar-refractivity contribution in [2.75, 3.05) is 21.9 Å². The Hall–Kier alpha value is -2.08. The quantitative estimate of drug-likeness (QED) is 0.839. The number of rotatable bonds is 7. The van der Waals surface area contributed by atoms with Gasteiger partial charge in [-0.15, -0.1) is 0 Å². The summed E-state index contributed by atoms with van der Waals surface area (Å²) < 4.78 is 26.0. The first kappa shape index (κ1) is 17.3. The molecule has 1 heterocycles. The normalized spacial score (nSPS) is 11.3. The molecule has 0 aliphatic carbocycles. The van der Waals surface area contributed by atoms with E-state index >= 15 is 0 Å². The minimum atomic E-state index is -3.31. The van der Waals surface area contributed by atoms with Crippen LogP contribution in [0.5, 0.6) is 0 Å². The van der Waals surface area contributed by atoms with Crippen LogP contribution in [0.4, 0.5) is 17.2 Å². The molecule has 0 saturated heterocycles. The highest BCUT2D eigenvalue weighted by molar-refractivity contribution is 7.92. The van der Waals surface area contributed by atoms with Crippen molar-refractivity contribution in [3.8, 4) is 0 Å². The van der Waals surface area contributed by atoms with Gasteiger partial charge in [-0.1, -0.05) is 19.1 Å². The van der Waals surface area contributed by atoms with Gasteiger partial charge in [-0.25, -0.2) is 13.4 Å². The number of hydrogen-bond acceptors (Lipinski definition) is 4. The van der Waals surface area contributed by atoms with Gasteiger partial charge < -0.3 is 4.90 Å². The van der Waals surface area contributed by atoms with Gasteiger partial charge in [-0.05, 0) is 50.1 Å². The third kappa shape index (κ3) is 4.69. The first-order valence-corrected chi connectivity index (χ1v) is 9.41. The smallest absolute Gasteiger partial charge is 0.233 e. The van der Waals surface area contributed by atoms with Gasteiger partial charge in [0.25, 0.3) is 0 Å². The third-order valence-electron chi connectivity index (χ3n) is 3.42. The van der Waals surface area contributed by atoms with Gasteiger partial charge in [0, 0.05) is 12.2 Å². The van der Waals surface area contributed by atoms with Gasteiger partial charge in [-0.2, -0.15) is 0 Å². The van der Waals surface area contributed by atoms with E-state index in [1.807, 2.05) is 25.1 Å². The maximum atomic E-state index is 11.8. The molecule has 0 aliphatic heterocycles. The van der Waals surface area contributed by atoms with E-state index in [4.69, 9.17) is 0 Å². The fraction of sp³-hybridized carbons (Fsp3) is 0.353. The lowest BCUT2D eigenvalue weighted by molar-refractivity contribution is 0.599. The van der Waals surface area contributed by atoms with Crippen LogP contribution in [0.15, 0.2) is 42.6 Å². The van der Waals surface area contributed by atoms with Gasteiger partial charge >= 0.3 is 0 Å². The Balaban J connectivity index is 2.20. The molecule has 1 aromatic heterocycles. The molecule has 2 rings (SSSR count). The van der Waals surface area contributed by atoms with Crippen molar-refractivity contribution < 1.29 is 8.42 Å². The second-order valence-corrected chi connectivity index (χ2v) is 7.25. The maximum Gasteiger partial charge on any atom is 0.233 e. The summed E-state index contributed by atoms with van der Waals surface area (Å²) in [6.07, 6.45) is 2.26. The Bertz CT molecular complexity index is 743. The topological polar surface area (TPSA) is 62.3 Å². The number of sulfonamides is 1. The molecule has 0 radical (unpaired) electrons. The summed E-state index contributed by atoms with van der Waals surface area (Å²) in [4.78, 5) is 6.36. The Morgan fingerprint density at radius 2 is 1.91 bits per heavy atom. The number of hydrogen-bond donors (Lipinski definition) is 1. The second kappa shape index (κ2) is 7.46. The SMILES string of the molecule is CCCS(=O)(=O)Nc1ccc(N(CC)c2cccc(C)c2)cn1. The van der Waals surface area contributed by atoms with Gasteiger partial charge in [0.15, 0.2) is 0 Å². The van der Waals surface area contributed by atoms with Crippen molar-refractivity contribution in [3.63, 3.8) is 0 Å². The monoisotopic (exact) mass is 333 g/mol. The molecular formula is C17H23N3O2S. The van der Waals surface area contributed by atoms with Crippen LogP contribution in [0.1, 0.15) is 25.8 Å². The second-order valence-electron chi connectivity index (χ2n) is 5.41. The first-order chi connectivity index (χ1) is 10.9. The minimum absolute atomic E-state index is 0.0980. The molecule has 1 aromatic carbocycles. The van der Waals surface area contributed by atoms with Gasteiger partial charge in [0.2, 0.25) is 10.0 Å². The number of anilines is 3. The zero-order chi connectivity index (χ0) is 16.9. The maximum absolute atomic E-state index is 11.8. The number of benzene rings is 1. The number of nitrogens with zero attached hydrogens (tertiary/aromatic N) is 2. The van der Waals surface area contributed by atoms with Crippen LogP contribution >= 0.6 is 0 Å². The molecule has 0 atom stereocenters. The van der Waals surface area contributed by atoms with Crippen LogP contribution in [0, 0.1) is 6.92 Å². The molecule has 0 amide bonds. The van der Waals surface area contributed by atoms with Crippen molar-refractivity contribution in [3.05, 3.63) is 48.2 Å². The van der Waals surface area contributed by atoms with Crippen LogP contribution in [0.3, 0.4) is 0 Å². The fourth-order valence-electron chi connectivity index (χ4n) is 2.40. The van der Waals surface area contributed by atoms with Gasteiger partial charge in [0.05, 0.1) is 17.6 Å². The average Bonchev–Trinajstić information content (AvgIpc) is 2.49. The summed E-state index contributed by atoms with van der Waals surface area (Å²) in [7, 11) is -3.31. The van der Waals surface area contributed by atoms with Gasteiger partial charge in [0.1, 0.15) is 5.82 Å². The van der Waals surface area contributed by atoms with E-state index in [0.717, 1.165) is 17.9 Å². The summed E-state index contributed by atoms with van der Waals surface area (Å²) >= 11 is 0. The molecule has 6 heteroatoms. The lowest BCUT2D eigenvalue weighted by Gasteiger charge is -2.23. The summed E-state index contributed by atoms with van der Waals surface area (Å²) in [6, 6.07) is 11.8. The van der Waals surface area contributed by atoms with Crippen LogP contribution in [0.25, 0.3) is 0 Å². The standard InChI is InChI=1S/C17H23N3O2S/c1-4-11-23(21,22)19-17-10-9-16(13-18-17)20(5-2)15-8-6-7-14(3)12-15/h6-10,12-13H,4-5,11H2,1-3H3,(H,18,19). The Morgan fingerprint density at radius 3 is 2.48 bits per heavy atom. The van der Waals surface area contributed by atoms with Crippen molar-refractivity contribution in [1.29, 1.82) is 0 Å². The Labute approximate surface area is 138 Å². The molecule has 124 valence electrons. The van der Waals surface area contributed by atoms with E-state index in [9.17, 15) is 8.42 Å². The molecule has 0 unspecified atom stereocenters. The highest BCUT2D eigenvalue weighted by atomic mass is 32.2. The summed E-state index contributed by atoms with van der Waals surface area (Å²) in [6.45, 7) is 6.75. The molecular weight excluding hydrogens is 310 g/mol. The number of aryl methyl sites for hydroxylation is 1. The predicted octanol–water partition coefficient (Wildman–Crippen LogP) is 3.70. The molecule has 5 nitrogen and oxygen atoms in total.